The van der Waals surface area contributed by atoms with Crippen molar-refractivity contribution in [2.24, 2.45) is 0 Å². The van der Waals surface area contributed by atoms with E-state index in [1.165, 1.54) is 0 Å². The molecule has 0 aliphatic carbocycles. The molecule has 0 saturated heterocycles. The molecule has 5 nitrogen and oxygen atoms in total. The second-order valence-electron chi connectivity index (χ2n) is 5.38. The molecule has 0 fully saturated rings. The highest BCUT2D eigenvalue weighted by molar-refractivity contribution is 5.71. The van der Waals surface area contributed by atoms with Gasteiger partial charge in [0.05, 0.1) is 5.69 Å². The maximum absolute atomic E-state index is 11.7. The van der Waals surface area contributed by atoms with E-state index in [0.717, 1.165) is 16.8 Å². The van der Waals surface area contributed by atoms with Gasteiger partial charge >= 0.3 is 5.97 Å². The lowest BCUT2D eigenvalue weighted by molar-refractivity contribution is -0.147. The fourth-order valence-electron chi connectivity index (χ4n) is 2.15. The summed E-state index contributed by atoms with van der Waals surface area (Å²) in [5, 5.41) is 4.16. The number of carbonyl (C=O) groups excluding carboxylic acids is 1. The van der Waals surface area contributed by atoms with Gasteiger partial charge in [0, 0.05) is 12.4 Å². The topological polar surface area (TPSA) is 53.4 Å². The van der Waals surface area contributed by atoms with Crippen LogP contribution < -0.4 is 4.74 Å². The zero-order valence-electron chi connectivity index (χ0n) is 13.4. The first-order valence-electron chi connectivity index (χ1n) is 7.65. The van der Waals surface area contributed by atoms with Crippen molar-refractivity contribution in [2.45, 2.75) is 13.5 Å². The molecule has 0 aliphatic rings. The lowest BCUT2D eigenvalue weighted by Gasteiger charge is -2.08. The Balaban J connectivity index is 1.46. The zero-order valence-corrected chi connectivity index (χ0v) is 13.4. The van der Waals surface area contributed by atoms with Crippen LogP contribution in [0.4, 0.5) is 0 Å². The molecular formula is C19H18N2O3. The summed E-state index contributed by atoms with van der Waals surface area (Å²) in [6, 6.07) is 17.1. The van der Waals surface area contributed by atoms with Gasteiger partial charge in [-0.15, -0.1) is 0 Å². The Hall–Kier alpha value is -3.08. The van der Waals surface area contributed by atoms with Gasteiger partial charge in [0.25, 0.3) is 0 Å². The zero-order chi connectivity index (χ0) is 16.8. The van der Waals surface area contributed by atoms with Gasteiger partial charge in [0.1, 0.15) is 12.4 Å². The van der Waals surface area contributed by atoms with Crippen molar-refractivity contribution in [3.05, 3.63) is 78.1 Å². The average molecular weight is 322 g/mol. The van der Waals surface area contributed by atoms with Gasteiger partial charge < -0.3 is 9.47 Å². The summed E-state index contributed by atoms with van der Waals surface area (Å²) < 4.78 is 12.4. The monoisotopic (exact) mass is 322 g/mol. The number of hydrogen-bond acceptors (Lipinski definition) is 4. The van der Waals surface area contributed by atoms with Gasteiger partial charge in [-0.25, -0.2) is 9.48 Å². The molecule has 0 atom stereocenters. The number of benzene rings is 2. The van der Waals surface area contributed by atoms with Crippen LogP contribution in [-0.4, -0.2) is 22.4 Å². The van der Waals surface area contributed by atoms with E-state index in [1.807, 2.05) is 67.7 Å². The maximum atomic E-state index is 11.7. The van der Waals surface area contributed by atoms with Gasteiger partial charge in [-0.1, -0.05) is 29.8 Å². The van der Waals surface area contributed by atoms with E-state index in [2.05, 4.69) is 5.10 Å². The third-order valence-corrected chi connectivity index (χ3v) is 3.48. The van der Waals surface area contributed by atoms with Gasteiger partial charge in [-0.3, -0.25) is 0 Å². The molecule has 0 aliphatic heterocycles. The number of rotatable bonds is 6. The molecule has 1 aromatic heterocycles. The number of aromatic nitrogens is 2. The predicted molar refractivity (Wildman–Crippen MR) is 90.0 cm³/mol. The van der Waals surface area contributed by atoms with Crippen LogP contribution >= 0.6 is 0 Å². The molecule has 1 heterocycles. The molecular weight excluding hydrogens is 304 g/mol. The van der Waals surface area contributed by atoms with Crippen molar-refractivity contribution in [2.75, 3.05) is 6.61 Å². The predicted octanol–water partition coefficient (Wildman–Crippen LogP) is 3.30. The number of carbonyl (C=O) groups is 1. The first-order valence-corrected chi connectivity index (χ1v) is 7.65. The summed E-state index contributed by atoms with van der Waals surface area (Å²) in [7, 11) is 0. The Labute approximate surface area is 140 Å². The molecule has 2 aromatic carbocycles. The normalized spacial score (nSPS) is 10.4. The van der Waals surface area contributed by atoms with Crippen LogP contribution in [0.25, 0.3) is 5.69 Å². The van der Waals surface area contributed by atoms with E-state index in [4.69, 9.17) is 9.47 Å². The van der Waals surface area contributed by atoms with E-state index in [0.29, 0.717) is 5.75 Å². The molecule has 0 N–H and O–H groups in total. The summed E-state index contributed by atoms with van der Waals surface area (Å²) in [5.41, 5.74) is 3.01. The first-order chi connectivity index (χ1) is 11.7. The summed E-state index contributed by atoms with van der Waals surface area (Å²) in [4.78, 5) is 11.7. The van der Waals surface area contributed by atoms with E-state index in [9.17, 15) is 4.79 Å². The molecule has 5 heteroatoms. The highest BCUT2D eigenvalue weighted by atomic mass is 16.6. The van der Waals surface area contributed by atoms with Gasteiger partial charge in [0.15, 0.2) is 6.61 Å². The Morgan fingerprint density at radius 3 is 2.50 bits per heavy atom. The minimum absolute atomic E-state index is 0.103. The average Bonchev–Trinajstić information content (AvgIpc) is 3.14. The molecule has 0 radical (unpaired) electrons. The number of ether oxygens (including phenoxy) is 2. The van der Waals surface area contributed by atoms with Crippen molar-refractivity contribution in [3.63, 3.8) is 0 Å². The van der Waals surface area contributed by atoms with Crippen LogP contribution in [0.15, 0.2) is 67.0 Å². The molecule has 0 amide bonds. The minimum Gasteiger partial charge on any atom is -0.482 e. The molecule has 0 spiro atoms. The molecule has 122 valence electrons. The van der Waals surface area contributed by atoms with E-state index in [1.54, 1.807) is 10.9 Å². The summed E-state index contributed by atoms with van der Waals surface area (Å²) in [5.74, 6) is 0.257. The molecule has 3 aromatic rings. The fraction of sp³-hybridized carbons (Fsp3) is 0.158. The quantitative estimate of drug-likeness (QED) is 0.653. The van der Waals surface area contributed by atoms with E-state index in [-0.39, 0.29) is 13.2 Å². The number of aryl methyl sites for hydroxylation is 1. The van der Waals surface area contributed by atoms with Crippen molar-refractivity contribution in [3.8, 4) is 11.4 Å². The third-order valence-electron chi connectivity index (χ3n) is 3.48. The summed E-state index contributed by atoms with van der Waals surface area (Å²) in [6.45, 7) is 2.11. The Kier molecular flexibility index (Phi) is 4.91. The fourth-order valence-corrected chi connectivity index (χ4v) is 2.15. The standard InChI is InChI=1S/C19H18N2O3/c1-15-3-9-18(10-4-15)23-14-19(22)24-13-16-5-7-17(8-6-16)21-12-2-11-20-21/h2-12H,13-14H2,1H3. The molecule has 0 saturated carbocycles. The van der Waals surface area contributed by atoms with Crippen molar-refractivity contribution < 1.29 is 14.3 Å². The van der Waals surface area contributed by atoms with Crippen LogP contribution in [0.2, 0.25) is 0 Å². The molecule has 0 bridgehead atoms. The molecule has 0 unspecified atom stereocenters. The number of esters is 1. The van der Waals surface area contributed by atoms with Gasteiger partial charge in [-0.05, 0) is 42.8 Å². The van der Waals surface area contributed by atoms with E-state index < -0.39 is 5.97 Å². The third kappa shape index (κ3) is 4.23. The first kappa shape index (κ1) is 15.8. The van der Waals surface area contributed by atoms with Crippen molar-refractivity contribution in [1.29, 1.82) is 0 Å². The SMILES string of the molecule is Cc1ccc(OCC(=O)OCc2ccc(-n3cccn3)cc2)cc1. The molecule has 24 heavy (non-hydrogen) atoms. The lowest BCUT2D eigenvalue weighted by Crippen LogP contribution is -2.14. The van der Waals surface area contributed by atoms with Gasteiger partial charge in [-0.2, -0.15) is 5.10 Å². The largest absolute Gasteiger partial charge is 0.482 e. The Morgan fingerprint density at radius 2 is 1.83 bits per heavy atom. The van der Waals surface area contributed by atoms with Crippen molar-refractivity contribution in [1.82, 2.24) is 9.78 Å². The lowest BCUT2D eigenvalue weighted by atomic mass is 10.2. The Morgan fingerprint density at radius 1 is 1.08 bits per heavy atom. The number of hydrogen-bond donors (Lipinski definition) is 0. The Bertz CT molecular complexity index is 778. The van der Waals surface area contributed by atoms with Crippen LogP contribution in [0.3, 0.4) is 0 Å². The van der Waals surface area contributed by atoms with Crippen LogP contribution in [0, 0.1) is 6.92 Å². The van der Waals surface area contributed by atoms with Crippen LogP contribution in [0.1, 0.15) is 11.1 Å². The van der Waals surface area contributed by atoms with Crippen LogP contribution in [-0.2, 0) is 16.1 Å². The smallest absolute Gasteiger partial charge is 0.344 e. The highest BCUT2D eigenvalue weighted by Crippen LogP contribution is 2.12. The minimum atomic E-state index is -0.397. The van der Waals surface area contributed by atoms with Crippen molar-refractivity contribution >= 4 is 5.97 Å². The second kappa shape index (κ2) is 7.46. The molecule has 3 rings (SSSR count). The maximum Gasteiger partial charge on any atom is 0.344 e. The second-order valence-corrected chi connectivity index (χ2v) is 5.38. The summed E-state index contributed by atoms with van der Waals surface area (Å²) in [6.07, 6.45) is 3.60. The van der Waals surface area contributed by atoms with E-state index >= 15 is 0 Å². The number of nitrogens with zero attached hydrogens (tertiary/aromatic N) is 2. The van der Waals surface area contributed by atoms with Gasteiger partial charge in [0.2, 0.25) is 0 Å². The summed E-state index contributed by atoms with van der Waals surface area (Å²) >= 11 is 0. The highest BCUT2D eigenvalue weighted by Gasteiger charge is 2.05. The van der Waals surface area contributed by atoms with Crippen LogP contribution in [0.5, 0.6) is 5.75 Å².